The zero-order chi connectivity index (χ0) is 73.8. The minimum Gasteiger partial charge on any atom is -0.479 e. The molecule has 27 nitrogen and oxygen atoms in total. The van der Waals surface area contributed by atoms with Crippen molar-refractivity contribution in [2.45, 2.75) is 127 Å². The fraction of sp³-hybridized carbons (Fsp3) is 0.444. The van der Waals surface area contributed by atoms with Gasteiger partial charge in [-0.2, -0.15) is 0 Å². The molecule has 0 spiro atoms. The summed E-state index contributed by atoms with van der Waals surface area (Å²) in [6, 6.07) is 24.8. The van der Waals surface area contributed by atoms with Crippen LogP contribution in [0.1, 0.15) is 113 Å². The number of benzene rings is 5. The number of hydrogen-bond donors (Lipinski definition) is 9. The van der Waals surface area contributed by atoms with E-state index in [1.807, 2.05) is 12.1 Å². The fourth-order valence-corrected chi connectivity index (χ4v) is 14.3. The Labute approximate surface area is 602 Å². The van der Waals surface area contributed by atoms with Crippen LogP contribution in [-0.4, -0.2) is 198 Å². The van der Waals surface area contributed by atoms with E-state index in [2.05, 4.69) is 16.0 Å². The number of anilines is 2. The number of aliphatic carboxylic acids is 1. The number of halogens is 2. The van der Waals surface area contributed by atoms with Crippen molar-refractivity contribution >= 4 is 127 Å². The normalized spacial score (nSPS) is 19.3. The second-order valence-corrected chi connectivity index (χ2v) is 27.7. The summed E-state index contributed by atoms with van der Waals surface area (Å²) in [4.78, 5) is 140. The molecule has 8 amide bonds. The maximum absolute atomic E-state index is 14.8. The molecule has 3 aliphatic heterocycles. The van der Waals surface area contributed by atoms with Gasteiger partial charge in [-0.3, -0.25) is 28.8 Å². The molecule has 0 aliphatic carbocycles. The zero-order valence-corrected chi connectivity index (χ0v) is 59.3. The molecule has 0 saturated carbocycles. The van der Waals surface area contributed by atoms with Crippen LogP contribution in [-0.2, 0) is 46.5 Å². The molecule has 30 heteroatoms. The quantitative estimate of drug-likeness (QED) is 0.0158. The van der Waals surface area contributed by atoms with Crippen molar-refractivity contribution in [3.63, 3.8) is 0 Å². The van der Waals surface area contributed by atoms with Crippen molar-refractivity contribution in [1.29, 1.82) is 0 Å². The number of carbonyl (C=O) groups excluding carboxylic acids is 9. The van der Waals surface area contributed by atoms with Crippen LogP contribution in [0.15, 0.2) is 97.1 Å². The van der Waals surface area contributed by atoms with Gasteiger partial charge in [-0.05, 0) is 89.7 Å². The van der Waals surface area contributed by atoms with Gasteiger partial charge >= 0.3 is 24.2 Å². The van der Waals surface area contributed by atoms with Gasteiger partial charge in [-0.15, -0.1) is 34.5 Å². The van der Waals surface area contributed by atoms with E-state index in [1.165, 1.54) is 40.6 Å². The second kappa shape index (κ2) is 34.8. The number of urea groups is 1. The van der Waals surface area contributed by atoms with Crippen LogP contribution in [0, 0.1) is 11.8 Å². The number of alkyl halides is 2. The van der Waals surface area contributed by atoms with Crippen molar-refractivity contribution in [1.82, 2.24) is 25.8 Å². The van der Waals surface area contributed by atoms with Gasteiger partial charge in [-0.25, -0.2) is 19.2 Å². The van der Waals surface area contributed by atoms with Gasteiger partial charge < -0.3 is 86.4 Å². The number of aliphatic hydroxyl groups is 3. The Morgan fingerprint density at radius 3 is 1.75 bits per heavy atom. The second-order valence-electron chi connectivity index (χ2n) is 26.0. The van der Waals surface area contributed by atoms with Crippen molar-refractivity contribution in [3.8, 4) is 11.5 Å². The first-order valence-corrected chi connectivity index (χ1v) is 35.4. The summed E-state index contributed by atoms with van der Waals surface area (Å²) >= 11 is 14.2. The number of carboxylic acids is 1. The van der Waals surface area contributed by atoms with Gasteiger partial charge in [0, 0.05) is 119 Å². The van der Waals surface area contributed by atoms with E-state index < -0.39 is 90.6 Å². The van der Waals surface area contributed by atoms with E-state index in [4.69, 9.17) is 53.6 Å². The van der Waals surface area contributed by atoms with Gasteiger partial charge in [-0.1, -0.05) is 86.6 Å². The van der Waals surface area contributed by atoms with Gasteiger partial charge in [0.15, 0.2) is 17.7 Å². The van der Waals surface area contributed by atoms with Crippen LogP contribution in [0.4, 0.5) is 25.8 Å². The Morgan fingerprint density at radius 2 is 1.21 bits per heavy atom. The van der Waals surface area contributed by atoms with E-state index in [-0.39, 0.29) is 127 Å². The lowest BCUT2D eigenvalue weighted by molar-refractivity contribution is -0.270. The molecule has 1 fully saturated rings. The molecule has 10 atom stereocenters. The number of amides is 8. The summed E-state index contributed by atoms with van der Waals surface area (Å²) in [5.74, 6) is -5.42. The molecule has 0 radical (unpaired) electrons. The summed E-state index contributed by atoms with van der Waals surface area (Å²) in [7, 11) is 3.00. The highest BCUT2D eigenvalue weighted by Crippen LogP contribution is 2.49. The molecular weight excluding hydrogens is 1380 g/mol. The first-order valence-electron chi connectivity index (χ1n) is 33.5. The molecule has 102 heavy (non-hydrogen) atoms. The number of Topliss-reactive ketones (excluding diaryl/α,β-unsaturated/α-hetero) is 2. The highest BCUT2D eigenvalue weighted by molar-refractivity contribution is 7.16. The Hall–Kier alpha value is -9.00. The van der Waals surface area contributed by atoms with Crippen LogP contribution in [0.25, 0.3) is 21.5 Å². The molecule has 9 rings (SSSR count). The number of hydrogen-bond acceptors (Lipinski definition) is 19. The molecule has 1 aromatic heterocycles. The molecule has 0 bridgehead atoms. The number of nitrogens with zero attached hydrogens (tertiary/aromatic N) is 4. The number of ketones is 2. The molecule has 3 aliphatic rings. The standard InChI is InChI=1S/C72H85Cl2N9O18S/c1-38(2)48(30-54(86)49(78-39(3)84)17-10-11-25-75)65(90)79-50(18-12-26-77-70(76)95)53(85)29-40-19-21-41(22-20-40)37-98-71(96)80(4)27-28-81(5)72(97)100-56-32-52-60(47-16-9-7-14-45(47)56)43(34-74)36-83(52)67(92)58-24-23-57(102-58)66(91)82-35-42(33-73)59-46-15-8-6-13-44(46)55(31-51(59)82)99-69-63(89)61(87)62(88)64(101-69)68(93)94/h6-9,13-16,19-24,31-32,38,42-43,48-50,61-64,69,87-89H,10-12,17-18,25-30,33-37,75H2,1-5H3,(H,78,84)(H,79,90)(H,93,94)(H3,76,77,95)/t42-,43?,48+,49+,50+,61+,62+,63-,64+,69-/m1/s1. The Morgan fingerprint density at radius 1 is 0.676 bits per heavy atom. The summed E-state index contributed by atoms with van der Waals surface area (Å²) in [6.45, 7) is 5.65. The Kier molecular flexibility index (Phi) is 26.3. The van der Waals surface area contributed by atoms with E-state index in [9.17, 15) is 68.4 Å². The smallest absolute Gasteiger partial charge is 0.415 e. The number of carboxylic acid groups (broad SMARTS) is 1. The summed E-state index contributed by atoms with van der Waals surface area (Å²) in [6.07, 6.45) is -9.07. The average molecular weight is 1470 g/mol. The van der Waals surface area contributed by atoms with Crippen LogP contribution < -0.4 is 46.7 Å². The lowest BCUT2D eigenvalue weighted by Crippen LogP contribution is -2.61. The van der Waals surface area contributed by atoms with E-state index in [0.29, 0.717) is 81.8 Å². The molecule has 546 valence electrons. The first kappa shape index (κ1) is 77.2. The van der Waals surface area contributed by atoms with E-state index >= 15 is 0 Å². The Bertz CT molecular complexity index is 4100. The molecule has 11 N–H and O–H groups in total. The number of rotatable bonds is 31. The van der Waals surface area contributed by atoms with Crippen molar-refractivity contribution in [2.75, 3.05) is 74.9 Å². The average Bonchev–Trinajstić information content (AvgIpc) is 1.56. The number of carbonyl (C=O) groups is 10. The van der Waals surface area contributed by atoms with Gasteiger partial charge in [0.2, 0.25) is 18.1 Å². The first-order chi connectivity index (χ1) is 48.7. The maximum Gasteiger partial charge on any atom is 0.415 e. The number of unbranched alkanes of at least 4 members (excludes halogenated alkanes) is 1. The number of fused-ring (bicyclic) bond motifs is 6. The zero-order valence-electron chi connectivity index (χ0n) is 57.0. The van der Waals surface area contributed by atoms with Crippen LogP contribution in [0.2, 0.25) is 0 Å². The van der Waals surface area contributed by atoms with Crippen LogP contribution >= 0.6 is 34.5 Å². The predicted octanol–water partition coefficient (Wildman–Crippen LogP) is 6.90. The summed E-state index contributed by atoms with van der Waals surface area (Å²) in [5, 5.41) is 51.9. The number of nitrogens with two attached hydrogens (primary N) is 2. The molecular formula is C72H85Cl2N9O18S. The van der Waals surface area contributed by atoms with Gasteiger partial charge in [0.1, 0.15) is 36.4 Å². The topological polar surface area (TPSA) is 390 Å². The third-order valence-electron chi connectivity index (χ3n) is 18.5. The van der Waals surface area contributed by atoms with Crippen LogP contribution in [0.3, 0.4) is 0 Å². The summed E-state index contributed by atoms with van der Waals surface area (Å²) < 4.78 is 23.2. The third-order valence-corrected chi connectivity index (χ3v) is 20.3. The summed E-state index contributed by atoms with van der Waals surface area (Å²) in [5.41, 5.74) is 14.4. The molecule has 1 saturated heterocycles. The number of aliphatic hydroxyl groups excluding tert-OH is 3. The third kappa shape index (κ3) is 18.1. The number of nitrogens with one attached hydrogen (secondary N) is 3. The van der Waals surface area contributed by atoms with Crippen LogP contribution in [0.5, 0.6) is 11.5 Å². The largest absolute Gasteiger partial charge is 0.479 e. The van der Waals surface area contributed by atoms with E-state index in [0.717, 1.165) is 16.9 Å². The lowest BCUT2D eigenvalue weighted by Gasteiger charge is -2.38. The Balaban J connectivity index is 0.815. The molecule has 4 heterocycles. The minimum absolute atomic E-state index is 0.00877. The van der Waals surface area contributed by atoms with Crippen molar-refractivity contribution < 1.29 is 87.3 Å². The monoisotopic (exact) mass is 1470 g/mol. The number of thiophene rings is 1. The van der Waals surface area contributed by atoms with Gasteiger partial charge in [0.05, 0.1) is 33.2 Å². The van der Waals surface area contributed by atoms with Gasteiger partial charge in [0.25, 0.3) is 11.8 Å². The predicted molar refractivity (Wildman–Crippen MR) is 381 cm³/mol. The SMILES string of the molecule is CC(=O)N[C@@H](CCCCN)C(=O)C[C@H](C(=O)N[C@@H](CCCNC(N)=O)C(=O)Cc1ccc(COC(=O)N(C)CCN(C)C(=O)Oc2cc3c(c4ccccc24)C(CCl)CN3C(=O)c2ccc(C(=O)N3C[C@@H](CCl)c4c3cc(O[C@@H]3O[C@H](C(=O)O)[C@@H](O)[C@H](O)[C@H]3O)c3ccccc43)s2)cc1)C(C)C. The molecule has 1 unspecified atom stereocenters. The fourth-order valence-electron chi connectivity index (χ4n) is 12.9. The molecule has 5 aromatic carbocycles. The minimum atomic E-state index is -1.95. The molecule has 6 aromatic rings. The number of likely N-dealkylation sites (N-methyl/N-ethyl adjacent to an activating group) is 2. The van der Waals surface area contributed by atoms with Crippen molar-refractivity contribution in [2.24, 2.45) is 23.3 Å². The lowest BCUT2D eigenvalue weighted by atomic mass is 9.86. The maximum atomic E-state index is 14.8. The highest BCUT2D eigenvalue weighted by atomic mass is 35.5. The van der Waals surface area contributed by atoms with E-state index in [1.54, 1.807) is 98.8 Å². The number of primary amides is 1. The highest BCUT2D eigenvalue weighted by Gasteiger charge is 2.49. The van der Waals surface area contributed by atoms with Crippen molar-refractivity contribution in [3.05, 3.63) is 129 Å². The number of ether oxygens (including phenoxy) is 4.